The monoisotopic (exact) mass is 192 g/mol. The molecule has 2 aromatic rings. The van der Waals surface area contributed by atoms with Crippen molar-refractivity contribution < 1.29 is 9.52 Å². The van der Waals surface area contributed by atoms with E-state index in [-0.39, 0.29) is 0 Å². The largest absolute Gasteiger partial charge is 0.458 e. The van der Waals surface area contributed by atoms with E-state index in [1.54, 1.807) is 24.5 Å². The van der Waals surface area contributed by atoms with E-state index in [0.29, 0.717) is 18.7 Å². The third-order valence-corrected chi connectivity index (χ3v) is 2.10. The highest BCUT2D eigenvalue weighted by Gasteiger charge is 2.11. The molecule has 0 saturated carbocycles. The Balaban J connectivity index is 2.35. The summed E-state index contributed by atoms with van der Waals surface area (Å²) in [5.41, 5.74) is 6.09. The number of rotatable bonds is 3. The zero-order valence-corrected chi connectivity index (χ0v) is 7.68. The van der Waals surface area contributed by atoms with Crippen molar-refractivity contribution in [3.63, 3.8) is 0 Å². The molecule has 0 fully saturated rings. The van der Waals surface area contributed by atoms with Gasteiger partial charge in [-0.3, -0.25) is 4.98 Å². The first-order valence-corrected chi connectivity index (χ1v) is 4.53. The lowest BCUT2D eigenvalue weighted by Crippen LogP contribution is -2.05. The van der Waals surface area contributed by atoms with Gasteiger partial charge >= 0.3 is 0 Å². The summed E-state index contributed by atoms with van der Waals surface area (Å²) in [6, 6.07) is 3.57. The minimum atomic E-state index is -0.618. The van der Waals surface area contributed by atoms with Gasteiger partial charge < -0.3 is 15.3 Å². The lowest BCUT2D eigenvalue weighted by atomic mass is 10.2. The van der Waals surface area contributed by atoms with Crippen molar-refractivity contribution in [1.29, 1.82) is 0 Å². The molecule has 0 saturated heterocycles. The number of aliphatic hydroxyl groups excluding tert-OH is 1. The zero-order chi connectivity index (χ0) is 9.97. The summed E-state index contributed by atoms with van der Waals surface area (Å²) in [6.07, 6.45) is 3.25. The molecular weight excluding hydrogens is 180 g/mol. The first-order valence-electron chi connectivity index (χ1n) is 4.53. The number of aliphatic hydroxyl groups is 1. The lowest BCUT2D eigenvalue weighted by molar-refractivity contribution is 0.145. The minimum absolute atomic E-state index is 0.441. The molecule has 0 aromatic carbocycles. The summed E-state index contributed by atoms with van der Waals surface area (Å²) in [5.74, 6) is 0.554. The average Bonchev–Trinajstić information content (AvgIpc) is 2.61. The highest BCUT2D eigenvalue weighted by atomic mass is 16.4. The molecule has 2 rings (SSSR count). The Morgan fingerprint density at radius 2 is 2.43 bits per heavy atom. The smallest absolute Gasteiger partial charge is 0.137 e. The number of aromatic nitrogens is 1. The second-order valence-corrected chi connectivity index (χ2v) is 3.16. The molecule has 0 radical (unpaired) electrons. The standard InChI is InChI=1S/C10H12N2O2/c11-3-1-8(13)10-5-7-6-12-4-2-9(7)14-10/h2,4-6,8,13H,1,3,11H2. The topological polar surface area (TPSA) is 72.3 Å². The molecule has 0 amide bonds. The van der Waals surface area contributed by atoms with Crippen molar-refractivity contribution in [2.45, 2.75) is 12.5 Å². The molecule has 74 valence electrons. The average molecular weight is 192 g/mol. The number of fused-ring (bicyclic) bond motifs is 1. The van der Waals surface area contributed by atoms with Crippen LogP contribution in [-0.2, 0) is 0 Å². The highest BCUT2D eigenvalue weighted by Crippen LogP contribution is 2.24. The molecule has 14 heavy (non-hydrogen) atoms. The fraction of sp³-hybridized carbons (Fsp3) is 0.300. The molecule has 0 bridgehead atoms. The maximum Gasteiger partial charge on any atom is 0.137 e. The van der Waals surface area contributed by atoms with Crippen LogP contribution in [0, 0.1) is 0 Å². The Hall–Kier alpha value is -1.39. The first kappa shape index (κ1) is 9.18. The van der Waals surface area contributed by atoms with E-state index in [1.165, 1.54) is 0 Å². The van der Waals surface area contributed by atoms with E-state index in [0.717, 1.165) is 11.0 Å². The van der Waals surface area contributed by atoms with Crippen LogP contribution in [0.1, 0.15) is 18.3 Å². The van der Waals surface area contributed by atoms with Gasteiger partial charge in [-0.15, -0.1) is 0 Å². The Kier molecular flexibility index (Phi) is 2.47. The molecular formula is C10H12N2O2. The van der Waals surface area contributed by atoms with Gasteiger partial charge in [-0.25, -0.2) is 0 Å². The van der Waals surface area contributed by atoms with Gasteiger partial charge in [0, 0.05) is 17.8 Å². The maximum absolute atomic E-state index is 9.63. The van der Waals surface area contributed by atoms with Crippen LogP contribution in [0.4, 0.5) is 0 Å². The summed E-state index contributed by atoms with van der Waals surface area (Å²) >= 11 is 0. The van der Waals surface area contributed by atoms with Gasteiger partial charge in [0.15, 0.2) is 0 Å². The number of nitrogens with zero attached hydrogens (tertiary/aromatic N) is 1. The summed E-state index contributed by atoms with van der Waals surface area (Å²) in [6.45, 7) is 0.441. The summed E-state index contributed by atoms with van der Waals surface area (Å²) in [7, 11) is 0. The Morgan fingerprint density at radius 1 is 1.57 bits per heavy atom. The van der Waals surface area contributed by atoms with Crippen LogP contribution in [0.5, 0.6) is 0 Å². The molecule has 2 aromatic heterocycles. The zero-order valence-electron chi connectivity index (χ0n) is 7.68. The predicted octanol–water partition coefficient (Wildman–Crippen LogP) is 1.21. The Morgan fingerprint density at radius 3 is 3.14 bits per heavy atom. The van der Waals surface area contributed by atoms with E-state index in [2.05, 4.69) is 4.98 Å². The second-order valence-electron chi connectivity index (χ2n) is 3.16. The predicted molar refractivity (Wildman–Crippen MR) is 52.6 cm³/mol. The Labute approximate surface area is 81.4 Å². The molecule has 2 heterocycles. The summed E-state index contributed by atoms with van der Waals surface area (Å²) in [4.78, 5) is 3.97. The van der Waals surface area contributed by atoms with Gasteiger partial charge in [-0.2, -0.15) is 0 Å². The van der Waals surface area contributed by atoms with Crippen molar-refractivity contribution in [3.8, 4) is 0 Å². The van der Waals surface area contributed by atoms with Crippen LogP contribution in [0.25, 0.3) is 11.0 Å². The summed E-state index contributed by atoms with van der Waals surface area (Å²) < 4.78 is 5.44. The molecule has 4 nitrogen and oxygen atoms in total. The minimum Gasteiger partial charge on any atom is -0.458 e. The van der Waals surface area contributed by atoms with Crippen LogP contribution in [-0.4, -0.2) is 16.6 Å². The lowest BCUT2D eigenvalue weighted by Gasteiger charge is -2.03. The van der Waals surface area contributed by atoms with Crippen LogP contribution >= 0.6 is 0 Å². The summed E-state index contributed by atoms with van der Waals surface area (Å²) in [5, 5.41) is 10.5. The third-order valence-electron chi connectivity index (χ3n) is 2.10. The van der Waals surface area contributed by atoms with Crippen LogP contribution in [0.2, 0.25) is 0 Å². The number of nitrogens with two attached hydrogens (primary N) is 1. The van der Waals surface area contributed by atoms with Crippen molar-refractivity contribution in [2.24, 2.45) is 5.73 Å². The van der Waals surface area contributed by atoms with Gasteiger partial charge in [-0.05, 0) is 25.1 Å². The number of furan rings is 1. The van der Waals surface area contributed by atoms with Gasteiger partial charge in [0.25, 0.3) is 0 Å². The van der Waals surface area contributed by atoms with Gasteiger partial charge in [0.1, 0.15) is 17.4 Å². The number of hydrogen-bond donors (Lipinski definition) is 2. The van der Waals surface area contributed by atoms with Crippen molar-refractivity contribution in [2.75, 3.05) is 6.54 Å². The van der Waals surface area contributed by atoms with Gasteiger partial charge in [-0.1, -0.05) is 0 Å². The first-order chi connectivity index (χ1) is 6.81. The van der Waals surface area contributed by atoms with Gasteiger partial charge in [0.2, 0.25) is 0 Å². The quantitative estimate of drug-likeness (QED) is 0.766. The van der Waals surface area contributed by atoms with Crippen LogP contribution < -0.4 is 5.73 Å². The van der Waals surface area contributed by atoms with Crippen molar-refractivity contribution in [3.05, 3.63) is 30.3 Å². The van der Waals surface area contributed by atoms with E-state index < -0.39 is 6.10 Å². The van der Waals surface area contributed by atoms with Crippen LogP contribution in [0.3, 0.4) is 0 Å². The van der Waals surface area contributed by atoms with Crippen LogP contribution in [0.15, 0.2) is 28.9 Å². The molecule has 0 aliphatic heterocycles. The number of hydrogen-bond acceptors (Lipinski definition) is 4. The van der Waals surface area contributed by atoms with Crippen molar-refractivity contribution in [1.82, 2.24) is 4.98 Å². The highest BCUT2D eigenvalue weighted by molar-refractivity contribution is 5.76. The van der Waals surface area contributed by atoms with E-state index >= 15 is 0 Å². The molecule has 0 aliphatic rings. The second kappa shape index (κ2) is 3.77. The molecule has 0 spiro atoms. The fourth-order valence-electron chi connectivity index (χ4n) is 1.37. The van der Waals surface area contributed by atoms with Gasteiger partial charge in [0.05, 0.1) is 0 Å². The molecule has 0 aliphatic carbocycles. The van der Waals surface area contributed by atoms with E-state index in [4.69, 9.17) is 10.2 Å². The molecule has 1 unspecified atom stereocenters. The molecule has 1 atom stereocenters. The SMILES string of the molecule is NCCC(O)c1cc2cnccc2o1. The molecule has 4 heteroatoms. The Bertz CT molecular complexity index is 392. The maximum atomic E-state index is 9.63. The van der Waals surface area contributed by atoms with Crippen molar-refractivity contribution >= 4 is 11.0 Å². The number of pyridine rings is 1. The van der Waals surface area contributed by atoms with E-state index in [9.17, 15) is 5.11 Å². The fourth-order valence-corrected chi connectivity index (χ4v) is 1.37. The molecule has 3 N–H and O–H groups in total. The van der Waals surface area contributed by atoms with E-state index in [1.807, 2.05) is 0 Å². The normalized spacial score (nSPS) is 13.3. The third kappa shape index (κ3) is 1.62.